The molecule has 0 saturated heterocycles. The summed E-state index contributed by atoms with van der Waals surface area (Å²) in [5.41, 5.74) is 4.04. The van der Waals surface area contributed by atoms with Crippen LogP contribution in [-0.4, -0.2) is 30.4 Å². The lowest BCUT2D eigenvalue weighted by molar-refractivity contribution is 0.643. The number of nitrogens with two attached hydrogens (primary N) is 1. The molecule has 18 heavy (non-hydrogen) atoms. The van der Waals surface area contributed by atoms with Gasteiger partial charge in [-0.3, -0.25) is 0 Å². The van der Waals surface area contributed by atoms with E-state index < -0.39 is 0 Å². The van der Waals surface area contributed by atoms with Gasteiger partial charge >= 0.3 is 0 Å². The van der Waals surface area contributed by atoms with E-state index in [2.05, 4.69) is 21.8 Å². The lowest BCUT2D eigenvalue weighted by Crippen LogP contribution is -2.34. The SMILES string of the molecule is CN(C)C=Nc1ccc(NC(=S)NN)cc1C#N. The standard InChI is InChI=1S/C11H14N6S/c1-17(2)7-14-10-4-3-9(5-8(10)6-12)15-11(18)16-13/h3-5,7H,13H2,1-2H3,(H2,15,16,18). The fourth-order valence-corrected chi connectivity index (χ4v) is 1.28. The first-order valence-corrected chi connectivity index (χ1v) is 5.50. The van der Waals surface area contributed by atoms with Crippen molar-refractivity contribution in [2.24, 2.45) is 10.8 Å². The van der Waals surface area contributed by atoms with Crippen molar-refractivity contribution >= 4 is 35.0 Å². The highest BCUT2D eigenvalue weighted by atomic mass is 32.1. The third kappa shape index (κ3) is 4.01. The maximum Gasteiger partial charge on any atom is 0.185 e. The number of aliphatic imine (C=N–C) groups is 1. The Morgan fingerprint density at radius 2 is 2.28 bits per heavy atom. The minimum absolute atomic E-state index is 0.281. The molecule has 0 aliphatic carbocycles. The zero-order valence-electron chi connectivity index (χ0n) is 10.1. The van der Waals surface area contributed by atoms with Crippen molar-refractivity contribution in [2.75, 3.05) is 19.4 Å². The second-order valence-corrected chi connectivity index (χ2v) is 4.06. The van der Waals surface area contributed by atoms with Gasteiger partial charge in [-0.15, -0.1) is 0 Å². The van der Waals surface area contributed by atoms with Crippen LogP contribution in [0.15, 0.2) is 23.2 Å². The van der Waals surface area contributed by atoms with E-state index in [4.69, 9.17) is 23.3 Å². The molecular weight excluding hydrogens is 248 g/mol. The van der Waals surface area contributed by atoms with Gasteiger partial charge in [0.1, 0.15) is 6.07 Å². The van der Waals surface area contributed by atoms with Crippen LogP contribution < -0.4 is 16.6 Å². The van der Waals surface area contributed by atoms with Crippen molar-refractivity contribution in [3.63, 3.8) is 0 Å². The van der Waals surface area contributed by atoms with Gasteiger partial charge in [0.25, 0.3) is 0 Å². The summed E-state index contributed by atoms with van der Waals surface area (Å²) in [5, 5.41) is 12.2. The van der Waals surface area contributed by atoms with Crippen molar-refractivity contribution in [2.45, 2.75) is 0 Å². The predicted octanol–water partition coefficient (Wildman–Crippen LogP) is 0.940. The van der Waals surface area contributed by atoms with Crippen LogP contribution in [0.3, 0.4) is 0 Å². The Morgan fingerprint density at radius 3 is 2.83 bits per heavy atom. The molecule has 0 radical (unpaired) electrons. The third-order valence-corrected chi connectivity index (χ3v) is 2.15. The van der Waals surface area contributed by atoms with E-state index in [0.717, 1.165) is 0 Å². The van der Waals surface area contributed by atoms with Crippen molar-refractivity contribution in [3.8, 4) is 6.07 Å². The van der Waals surface area contributed by atoms with Gasteiger partial charge < -0.3 is 15.6 Å². The second-order valence-electron chi connectivity index (χ2n) is 3.65. The Bertz CT molecular complexity index is 503. The third-order valence-electron chi connectivity index (χ3n) is 1.93. The van der Waals surface area contributed by atoms with Gasteiger partial charge in [0, 0.05) is 19.8 Å². The fourth-order valence-electron chi connectivity index (χ4n) is 1.16. The van der Waals surface area contributed by atoms with Crippen LogP contribution in [0, 0.1) is 11.3 Å². The zero-order chi connectivity index (χ0) is 13.5. The van der Waals surface area contributed by atoms with Crippen LogP contribution >= 0.6 is 12.2 Å². The number of anilines is 1. The summed E-state index contributed by atoms with van der Waals surface area (Å²) in [7, 11) is 3.72. The van der Waals surface area contributed by atoms with Gasteiger partial charge in [-0.1, -0.05) is 0 Å². The molecule has 0 aliphatic heterocycles. The Labute approximate surface area is 111 Å². The van der Waals surface area contributed by atoms with Crippen molar-refractivity contribution in [3.05, 3.63) is 23.8 Å². The van der Waals surface area contributed by atoms with E-state index in [0.29, 0.717) is 16.9 Å². The number of hydrogen-bond donors (Lipinski definition) is 3. The molecule has 0 unspecified atom stereocenters. The van der Waals surface area contributed by atoms with Gasteiger partial charge in [0.05, 0.1) is 17.6 Å². The maximum absolute atomic E-state index is 9.06. The Balaban J connectivity index is 2.97. The minimum Gasteiger partial charge on any atom is -0.369 e. The molecule has 6 nitrogen and oxygen atoms in total. The molecule has 0 atom stereocenters. The molecule has 0 bridgehead atoms. The Hall–Kier alpha value is -2.17. The van der Waals surface area contributed by atoms with Gasteiger partial charge in [-0.25, -0.2) is 10.8 Å². The molecular formula is C11H14N6S. The highest BCUT2D eigenvalue weighted by Gasteiger charge is 2.03. The largest absolute Gasteiger partial charge is 0.369 e. The molecule has 0 aromatic heterocycles. The summed E-state index contributed by atoms with van der Waals surface area (Å²) in [6.07, 6.45) is 1.63. The van der Waals surface area contributed by atoms with E-state index in [1.165, 1.54) is 0 Å². The molecule has 1 rings (SSSR count). The Kier molecular flexibility index (Phi) is 5.05. The number of nitriles is 1. The van der Waals surface area contributed by atoms with Gasteiger partial charge in [-0.05, 0) is 30.4 Å². The van der Waals surface area contributed by atoms with Crippen LogP contribution in [0.5, 0.6) is 0 Å². The van der Waals surface area contributed by atoms with E-state index in [1.54, 1.807) is 29.4 Å². The summed E-state index contributed by atoms with van der Waals surface area (Å²) in [5.74, 6) is 5.15. The first-order valence-electron chi connectivity index (χ1n) is 5.09. The molecule has 4 N–H and O–H groups in total. The summed E-state index contributed by atoms with van der Waals surface area (Å²) >= 11 is 4.87. The minimum atomic E-state index is 0.281. The number of nitrogens with zero attached hydrogens (tertiary/aromatic N) is 3. The quantitative estimate of drug-likeness (QED) is 0.247. The Morgan fingerprint density at radius 1 is 1.56 bits per heavy atom. The van der Waals surface area contributed by atoms with Crippen molar-refractivity contribution in [1.29, 1.82) is 5.26 Å². The smallest absolute Gasteiger partial charge is 0.185 e. The molecule has 1 aromatic carbocycles. The van der Waals surface area contributed by atoms with E-state index >= 15 is 0 Å². The van der Waals surface area contributed by atoms with Gasteiger partial charge in [-0.2, -0.15) is 5.26 Å². The highest BCUT2D eigenvalue weighted by Crippen LogP contribution is 2.22. The summed E-state index contributed by atoms with van der Waals surface area (Å²) in [6, 6.07) is 7.25. The van der Waals surface area contributed by atoms with E-state index in [9.17, 15) is 0 Å². The highest BCUT2D eigenvalue weighted by molar-refractivity contribution is 7.80. The first-order chi connectivity index (χ1) is 8.56. The molecule has 0 spiro atoms. The molecule has 0 fully saturated rings. The molecule has 0 amide bonds. The number of hydrazine groups is 1. The van der Waals surface area contributed by atoms with Crippen LogP contribution in [-0.2, 0) is 0 Å². The molecule has 7 heteroatoms. The lowest BCUT2D eigenvalue weighted by atomic mass is 10.2. The second kappa shape index (κ2) is 6.54. The normalized spacial score (nSPS) is 9.89. The van der Waals surface area contributed by atoms with Crippen LogP contribution in [0.2, 0.25) is 0 Å². The lowest BCUT2D eigenvalue weighted by Gasteiger charge is -2.08. The fraction of sp³-hybridized carbons (Fsp3) is 0.182. The molecule has 94 valence electrons. The molecule has 1 aromatic rings. The number of rotatable bonds is 3. The van der Waals surface area contributed by atoms with Crippen LogP contribution in [0.4, 0.5) is 11.4 Å². The van der Waals surface area contributed by atoms with Crippen LogP contribution in [0.1, 0.15) is 5.56 Å². The predicted molar refractivity (Wildman–Crippen MR) is 76.5 cm³/mol. The van der Waals surface area contributed by atoms with E-state index in [-0.39, 0.29) is 5.11 Å². The summed E-state index contributed by atoms with van der Waals surface area (Å²) in [6.45, 7) is 0. The zero-order valence-corrected chi connectivity index (χ0v) is 11.0. The van der Waals surface area contributed by atoms with Crippen molar-refractivity contribution < 1.29 is 0 Å². The molecule has 0 aliphatic rings. The monoisotopic (exact) mass is 262 g/mol. The number of benzene rings is 1. The number of nitrogens with one attached hydrogen (secondary N) is 2. The number of thiocarbonyl (C=S) groups is 1. The van der Waals surface area contributed by atoms with Gasteiger partial charge in [0.2, 0.25) is 0 Å². The average Bonchev–Trinajstić information content (AvgIpc) is 2.36. The molecule has 0 saturated carbocycles. The number of hydrogen-bond acceptors (Lipinski definition) is 4. The summed E-state index contributed by atoms with van der Waals surface area (Å²) in [4.78, 5) is 5.99. The first kappa shape index (κ1) is 13.9. The maximum atomic E-state index is 9.06. The van der Waals surface area contributed by atoms with Gasteiger partial charge in [0.15, 0.2) is 5.11 Å². The summed E-state index contributed by atoms with van der Waals surface area (Å²) < 4.78 is 0. The topological polar surface area (TPSA) is 89.5 Å². The van der Waals surface area contributed by atoms with Crippen molar-refractivity contribution in [1.82, 2.24) is 10.3 Å². The average molecular weight is 262 g/mol. The van der Waals surface area contributed by atoms with E-state index in [1.807, 2.05) is 14.1 Å². The van der Waals surface area contributed by atoms with Crippen LogP contribution in [0.25, 0.3) is 0 Å². The molecule has 0 heterocycles.